The summed E-state index contributed by atoms with van der Waals surface area (Å²) < 4.78 is 6.10. The maximum atomic E-state index is 6.10. The zero-order valence-electron chi connectivity index (χ0n) is 15.2. The second-order valence-corrected chi connectivity index (χ2v) is 8.25. The summed E-state index contributed by atoms with van der Waals surface area (Å²) in [6.45, 7) is 5.70. The first-order chi connectivity index (χ1) is 12.4. The van der Waals surface area contributed by atoms with Crippen molar-refractivity contribution >= 4 is 17.7 Å². The lowest BCUT2D eigenvalue weighted by atomic mass is 9.89. The zero-order valence-corrected chi connectivity index (χ0v) is 16.1. The van der Waals surface area contributed by atoms with Crippen LogP contribution in [0.3, 0.4) is 0 Å². The highest BCUT2D eigenvalue weighted by molar-refractivity contribution is 8.00. The largest absolute Gasteiger partial charge is 0.373 e. The fourth-order valence-electron chi connectivity index (χ4n) is 3.61. The first kappa shape index (κ1) is 18.6. The number of nitrogens with one attached hydrogen (secondary N) is 2. The van der Waals surface area contributed by atoms with Crippen LogP contribution in [0.25, 0.3) is 0 Å². The molecule has 2 aliphatic rings. The van der Waals surface area contributed by atoms with Gasteiger partial charge in [-0.2, -0.15) is 11.8 Å². The Morgan fingerprint density at radius 1 is 1.20 bits per heavy atom. The molecule has 0 aromatic heterocycles. The number of hydrogen-bond donors (Lipinski definition) is 2. The number of rotatable bonds is 6. The summed E-state index contributed by atoms with van der Waals surface area (Å²) in [7, 11) is 0. The topological polar surface area (TPSA) is 45.7 Å². The van der Waals surface area contributed by atoms with Crippen LogP contribution in [0, 0.1) is 5.92 Å². The molecule has 25 heavy (non-hydrogen) atoms. The van der Waals surface area contributed by atoms with Crippen LogP contribution in [0.15, 0.2) is 35.3 Å². The van der Waals surface area contributed by atoms with E-state index in [9.17, 15) is 0 Å². The third-order valence-corrected chi connectivity index (χ3v) is 6.32. The lowest BCUT2D eigenvalue weighted by molar-refractivity contribution is -0.0250. The highest BCUT2D eigenvalue weighted by Gasteiger charge is 2.27. The first-order valence-corrected chi connectivity index (χ1v) is 10.7. The molecule has 0 radical (unpaired) electrons. The van der Waals surface area contributed by atoms with Gasteiger partial charge in [0, 0.05) is 37.4 Å². The molecule has 3 rings (SSSR count). The van der Waals surface area contributed by atoms with Crippen molar-refractivity contribution in [2.75, 3.05) is 32.0 Å². The fraction of sp³-hybridized carbons (Fsp3) is 0.650. The molecule has 0 aliphatic carbocycles. The lowest BCUT2D eigenvalue weighted by Crippen LogP contribution is -2.40. The SMILES string of the molecule is CCNC(=NCC1CCCOC1c1ccccc1)NCC1CCCS1. The third-order valence-electron chi connectivity index (χ3n) is 4.92. The fourth-order valence-corrected chi connectivity index (χ4v) is 4.81. The molecule has 2 N–H and O–H groups in total. The van der Waals surface area contributed by atoms with Crippen LogP contribution >= 0.6 is 11.8 Å². The van der Waals surface area contributed by atoms with Crippen molar-refractivity contribution in [3.05, 3.63) is 35.9 Å². The van der Waals surface area contributed by atoms with E-state index in [1.54, 1.807) is 0 Å². The summed E-state index contributed by atoms with van der Waals surface area (Å²) in [4.78, 5) is 4.88. The van der Waals surface area contributed by atoms with E-state index in [2.05, 4.69) is 59.7 Å². The van der Waals surface area contributed by atoms with Crippen molar-refractivity contribution in [1.82, 2.24) is 10.6 Å². The Morgan fingerprint density at radius 2 is 2.08 bits per heavy atom. The quantitative estimate of drug-likeness (QED) is 0.600. The Balaban J connectivity index is 1.59. The molecule has 1 aromatic carbocycles. The Morgan fingerprint density at radius 3 is 2.84 bits per heavy atom. The van der Waals surface area contributed by atoms with Crippen molar-refractivity contribution in [2.24, 2.45) is 10.9 Å². The smallest absolute Gasteiger partial charge is 0.191 e. The van der Waals surface area contributed by atoms with Crippen LogP contribution < -0.4 is 10.6 Å². The van der Waals surface area contributed by atoms with Gasteiger partial charge >= 0.3 is 0 Å². The first-order valence-electron chi connectivity index (χ1n) is 9.67. The number of guanidine groups is 1. The summed E-state index contributed by atoms with van der Waals surface area (Å²) in [6.07, 6.45) is 5.16. The molecule has 0 spiro atoms. The average Bonchev–Trinajstić information content (AvgIpc) is 3.18. The van der Waals surface area contributed by atoms with E-state index in [0.29, 0.717) is 5.92 Å². The molecule has 2 saturated heterocycles. The Kier molecular flexibility index (Phi) is 7.49. The van der Waals surface area contributed by atoms with Crippen molar-refractivity contribution < 1.29 is 4.74 Å². The average molecular weight is 362 g/mol. The minimum Gasteiger partial charge on any atom is -0.373 e. The van der Waals surface area contributed by atoms with Gasteiger partial charge in [0.15, 0.2) is 5.96 Å². The van der Waals surface area contributed by atoms with E-state index in [1.165, 1.54) is 30.6 Å². The van der Waals surface area contributed by atoms with Crippen LogP contribution in [0.5, 0.6) is 0 Å². The van der Waals surface area contributed by atoms with E-state index in [-0.39, 0.29) is 6.10 Å². The van der Waals surface area contributed by atoms with E-state index < -0.39 is 0 Å². The van der Waals surface area contributed by atoms with E-state index in [1.807, 2.05) is 0 Å². The molecule has 138 valence electrons. The van der Waals surface area contributed by atoms with Gasteiger partial charge in [-0.25, -0.2) is 0 Å². The molecule has 2 aliphatic heterocycles. The number of ether oxygens (including phenoxy) is 1. The van der Waals surface area contributed by atoms with Gasteiger partial charge in [-0.15, -0.1) is 0 Å². The molecule has 0 bridgehead atoms. The normalized spacial score (nSPS) is 27.2. The number of nitrogens with zero attached hydrogens (tertiary/aromatic N) is 1. The van der Waals surface area contributed by atoms with Gasteiger partial charge in [0.1, 0.15) is 0 Å². The number of hydrogen-bond acceptors (Lipinski definition) is 3. The molecule has 4 nitrogen and oxygen atoms in total. The van der Waals surface area contributed by atoms with E-state index in [4.69, 9.17) is 9.73 Å². The standard InChI is InChI=1S/C20H31N3OS/c1-2-21-20(23-15-18-11-7-13-25-18)22-14-17-10-6-12-24-19(17)16-8-4-3-5-9-16/h3-5,8-9,17-19H,2,6-7,10-15H2,1H3,(H2,21,22,23). The molecule has 5 heteroatoms. The van der Waals surface area contributed by atoms with Gasteiger partial charge in [0.2, 0.25) is 0 Å². The number of aliphatic imine (C=N–C) groups is 1. The monoisotopic (exact) mass is 361 g/mol. The van der Waals surface area contributed by atoms with Crippen molar-refractivity contribution in [1.29, 1.82) is 0 Å². The minimum absolute atomic E-state index is 0.173. The maximum Gasteiger partial charge on any atom is 0.191 e. The molecule has 1 aromatic rings. The number of benzene rings is 1. The highest BCUT2D eigenvalue weighted by atomic mass is 32.2. The van der Waals surface area contributed by atoms with Crippen LogP contribution in [-0.4, -0.2) is 43.2 Å². The maximum absolute atomic E-state index is 6.10. The lowest BCUT2D eigenvalue weighted by Gasteiger charge is -2.31. The van der Waals surface area contributed by atoms with Gasteiger partial charge in [-0.3, -0.25) is 4.99 Å². The summed E-state index contributed by atoms with van der Waals surface area (Å²) in [5.41, 5.74) is 1.28. The molecular formula is C20H31N3OS. The number of thioether (sulfide) groups is 1. The molecule has 3 atom stereocenters. The molecule has 3 unspecified atom stereocenters. The Bertz CT molecular complexity index is 531. The molecular weight excluding hydrogens is 330 g/mol. The van der Waals surface area contributed by atoms with Crippen LogP contribution in [0.1, 0.15) is 44.3 Å². The van der Waals surface area contributed by atoms with Crippen molar-refractivity contribution in [3.63, 3.8) is 0 Å². The molecule has 0 saturated carbocycles. The minimum atomic E-state index is 0.173. The summed E-state index contributed by atoms with van der Waals surface area (Å²) in [5.74, 6) is 2.71. The van der Waals surface area contributed by atoms with Gasteiger partial charge in [-0.1, -0.05) is 30.3 Å². The van der Waals surface area contributed by atoms with Gasteiger partial charge in [0.25, 0.3) is 0 Å². The summed E-state index contributed by atoms with van der Waals surface area (Å²) in [6, 6.07) is 10.6. The predicted octanol–water partition coefficient (Wildman–Crippen LogP) is 3.61. The molecule has 2 heterocycles. The zero-order chi connectivity index (χ0) is 17.3. The van der Waals surface area contributed by atoms with Crippen LogP contribution in [-0.2, 0) is 4.74 Å². The van der Waals surface area contributed by atoms with E-state index >= 15 is 0 Å². The van der Waals surface area contributed by atoms with Crippen molar-refractivity contribution in [3.8, 4) is 0 Å². The second kappa shape index (κ2) is 10.1. The second-order valence-electron chi connectivity index (χ2n) is 6.84. The van der Waals surface area contributed by atoms with E-state index in [0.717, 1.165) is 43.9 Å². The Hall–Kier alpha value is -1.20. The Labute approximate surface area is 156 Å². The van der Waals surface area contributed by atoms with Gasteiger partial charge in [0.05, 0.1) is 6.10 Å². The third kappa shape index (κ3) is 5.65. The predicted molar refractivity (Wildman–Crippen MR) is 107 cm³/mol. The van der Waals surface area contributed by atoms with Gasteiger partial charge < -0.3 is 15.4 Å². The summed E-state index contributed by atoms with van der Waals surface area (Å²) >= 11 is 2.08. The highest BCUT2D eigenvalue weighted by Crippen LogP contribution is 2.33. The molecule has 0 amide bonds. The van der Waals surface area contributed by atoms with Crippen LogP contribution in [0.2, 0.25) is 0 Å². The van der Waals surface area contributed by atoms with Gasteiger partial charge in [-0.05, 0) is 43.9 Å². The molecule has 2 fully saturated rings. The van der Waals surface area contributed by atoms with Crippen molar-refractivity contribution in [2.45, 2.75) is 44.0 Å². The van der Waals surface area contributed by atoms with Crippen LogP contribution in [0.4, 0.5) is 0 Å². The summed E-state index contributed by atoms with van der Waals surface area (Å²) in [5, 5.41) is 7.66.